The molecule has 0 amide bonds. The first-order chi connectivity index (χ1) is 26.8. The molecule has 5 nitrogen and oxygen atoms in total. The van der Waals surface area contributed by atoms with Crippen molar-refractivity contribution in [2.24, 2.45) is 0 Å². The van der Waals surface area contributed by atoms with E-state index in [0.29, 0.717) is 17.5 Å². The Labute approximate surface area is 312 Å². The van der Waals surface area contributed by atoms with E-state index in [4.69, 9.17) is 15.0 Å². The highest BCUT2D eigenvalue weighted by Gasteiger charge is 2.31. The molecule has 1 aliphatic rings. The van der Waals surface area contributed by atoms with Gasteiger partial charge in [-0.1, -0.05) is 146 Å². The van der Waals surface area contributed by atoms with Crippen LogP contribution in [0.1, 0.15) is 0 Å². The molecule has 10 aromatic rings. The van der Waals surface area contributed by atoms with Gasteiger partial charge < -0.3 is 9.47 Å². The van der Waals surface area contributed by atoms with E-state index in [9.17, 15) is 0 Å². The third-order valence-corrected chi connectivity index (χ3v) is 10.6. The Morgan fingerprint density at radius 2 is 0.815 bits per heavy atom. The SMILES string of the molecule is c1ccc(-c2nc(-c3ccccc3)nc(-c3cccc4c3N(c3ccccc3)c3ccc(-n5c6ccccc6c6ccccc65)c5cccc-4c35)n2)cc1. The first-order valence-corrected chi connectivity index (χ1v) is 18.2. The zero-order chi connectivity index (χ0) is 35.6. The van der Waals surface area contributed by atoms with Crippen LogP contribution in [0.3, 0.4) is 0 Å². The van der Waals surface area contributed by atoms with Gasteiger partial charge in [0, 0.05) is 49.5 Å². The van der Waals surface area contributed by atoms with E-state index in [1.54, 1.807) is 0 Å². The zero-order valence-corrected chi connectivity index (χ0v) is 29.1. The molecule has 0 radical (unpaired) electrons. The number of benzene rings is 8. The summed E-state index contributed by atoms with van der Waals surface area (Å²) in [6.07, 6.45) is 0. The summed E-state index contributed by atoms with van der Waals surface area (Å²) in [7, 11) is 0. The maximum absolute atomic E-state index is 5.19. The number of fused-ring (bicyclic) bond motifs is 5. The van der Waals surface area contributed by atoms with Crippen LogP contribution >= 0.6 is 0 Å². The highest BCUT2D eigenvalue weighted by atomic mass is 15.2. The van der Waals surface area contributed by atoms with Crippen LogP contribution < -0.4 is 4.90 Å². The van der Waals surface area contributed by atoms with E-state index in [0.717, 1.165) is 45.0 Å². The number of nitrogens with zero attached hydrogens (tertiary/aromatic N) is 5. The minimum Gasteiger partial charge on any atom is -0.309 e. The summed E-state index contributed by atoms with van der Waals surface area (Å²) in [5.41, 5.74) is 11.9. The van der Waals surface area contributed by atoms with Gasteiger partial charge in [0.15, 0.2) is 17.5 Å². The minimum absolute atomic E-state index is 0.623. The average Bonchev–Trinajstić information content (AvgIpc) is 3.59. The molecule has 3 heterocycles. The third kappa shape index (κ3) is 4.62. The second-order valence-corrected chi connectivity index (χ2v) is 13.6. The number of anilines is 3. The summed E-state index contributed by atoms with van der Waals surface area (Å²) < 4.78 is 2.42. The van der Waals surface area contributed by atoms with Gasteiger partial charge in [-0.2, -0.15) is 0 Å². The van der Waals surface area contributed by atoms with Gasteiger partial charge >= 0.3 is 0 Å². The van der Waals surface area contributed by atoms with Crippen LogP contribution in [0.2, 0.25) is 0 Å². The molecule has 1 aliphatic heterocycles. The van der Waals surface area contributed by atoms with Gasteiger partial charge in [0.2, 0.25) is 0 Å². The molecule has 11 rings (SSSR count). The molecule has 8 aromatic carbocycles. The van der Waals surface area contributed by atoms with Crippen molar-refractivity contribution in [3.63, 3.8) is 0 Å². The predicted octanol–water partition coefficient (Wildman–Crippen LogP) is 12.6. The lowest BCUT2D eigenvalue weighted by molar-refractivity contribution is 1.07. The number of para-hydroxylation sites is 4. The van der Waals surface area contributed by atoms with Crippen LogP contribution in [0.15, 0.2) is 188 Å². The summed E-state index contributed by atoms with van der Waals surface area (Å²) in [6, 6.07) is 66.2. The summed E-state index contributed by atoms with van der Waals surface area (Å²) in [5.74, 6) is 1.90. The van der Waals surface area contributed by atoms with Crippen LogP contribution in [0.25, 0.3) is 83.6 Å². The molecule has 54 heavy (non-hydrogen) atoms. The van der Waals surface area contributed by atoms with Crippen molar-refractivity contribution in [2.75, 3.05) is 4.90 Å². The Kier molecular flexibility index (Phi) is 6.79. The fourth-order valence-electron chi connectivity index (χ4n) is 8.24. The number of hydrogen-bond acceptors (Lipinski definition) is 4. The smallest absolute Gasteiger partial charge is 0.166 e. The largest absolute Gasteiger partial charge is 0.309 e. The molecular formula is C49H31N5. The van der Waals surface area contributed by atoms with E-state index in [1.807, 2.05) is 36.4 Å². The van der Waals surface area contributed by atoms with Crippen molar-refractivity contribution >= 4 is 49.6 Å². The summed E-state index contributed by atoms with van der Waals surface area (Å²) in [4.78, 5) is 17.8. The standard InChI is InChI=1S/C49H31N5/c1-4-16-32(17-5-1)47-50-48(33-18-6-2-7-19-33)52-49(51-47)40-27-15-25-38-37-24-14-26-39-43(54-41-28-12-10-22-35(41)36-23-11-13-29-42(36)54)30-31-44(45(37)39)53(46(38)40)34-20-8-3-9-21-34/h1-31H. The zero-order valence-electron chi connectivity index (χ0n) is 29.1. The van der Waals surface area contributed by atoms with Crippen molar-refractivity contribution in [3.05, 3.63) is 188 Å². The van der Waals surface area contributed by atoms with Crippen LogP contribution in [0, 0.1) is 0 Å². The molecule has 0 spiro atoms. The Morgan fingerprint density at radius 3 is 1.46 bits per heavy atom. The highest BCUT2D eigenvalue weighted by Crippen LogP contribution is 2.55. The van der Waals surface area contributed by atoms with E-state index >= 15 is 0 Å². The van der Waals surface area contributed by atoms with Crippen molar-refractivity contribution in [1.29, 1.82) is 0 Å². The number of hydrogen-bond donors (Lipinski definition) is 0. The lowest BCUT2D eigenvalue weighted by Gasteiger charge is -2.35. The summed E-state index contributed by atoms with van der Waals surface area (Å²) in [6.45, 7) is 0. The fourth-order valence-corrected chi connectivity index (χ4v) is 8.24. The van der Waals surface area contributed by atoms with Crippen LogP contribution in [0.5, 0.6) is 0 Å². The molecule has 0 bridgehead atoms. The first-order valence-electron chi connectivity index (χ1n) is 18.2. The Hall–Kier alpha value is -7.37. The first kappa shape index (κ1) is 30.3. The number of rotatable bonds is 5. The molecule has 0 unspecified atom stereocenters. The highest BCUT2D eigenvalue weighted by molar-refractivity contribution is 6.19. The van der Waals surface area contributed by atoms with Crippen LogP contribution in [-0.4, -0.2) is 19.5 Å². The van der Waals surface area contributed by atoms with Crippen LogP contribution in [-0.2, 0) is 0 Å². The van der Waals surface area contributed by atoms with Crippen molar-refractivity contribution < 1.29 is 0 Å². The topological polar surface area (TPSA) is 46.8 Å². The molecule has 0 atom stereocenters. The van der Waals surface area contributed by atoms with E-state index < -0.39 is 0 Å². The summed E-state index contributed by atoms with van der Waals surface area (Å²) >= 11 is 0. The van der Waals surface area contributed by atoms with E-state index in [2.05, 4.69) is 161 Å². The van der Waals surface area contributed by atoms with Gasteiger partial charge in [-0.3, -0.25) is 0 Å². The quantitative estimate of drug-likeness (QED) is 0.180. The average molecular weight is 690 g/mol. The minimum atomic E-state index is 0.623. The molecule has 0 saturated carbocycles. The monoisotopic (exact) mass is 689 g/mol. The van der Waals surface area contributed by atoms with E-state index in [-0.39, 0.29) is 0 Å². The predicted molar refractivity (Wildman–Crippen MR) is 222 cm³/mol. The Morgan fingerprint density at radius 1 is 0.333 bits per heavy atom. The van der Waals surface area contributed by atoms with Crippen LogP contribution in [0.4, 0.5) is 17.1 Å². The maximum atomic E-state index is 5.19. The molecule has 5 heteroatoms. The van der Waals surface area contributed by atoms with Crippen molar-refractivity contribution in [1.82, 2.24) is 19.5 Å². The van der Waals surface area contributed by atoms with Gasteiger partial charge in [0.25, 0.3) is 0 Å². The lowest BCUT2D eigenvalue weighted by atomic mass is 9.88. The Balaban J connectivity index is 1.21. The van der Waals surface area contributed by atoms with E-state index in [1.165, 1.54) is 38.1 Å². The maximum Gasteiger partial charge on any atom is 0.166 e. The van der Waals surface area contributed by atoms with Gasteiger partial charge in [-0.15, -0.1) is 0 Å². The second kappa shape index (κ2) is 12.1. The van der Waals surface area contributed by atoms with Crippen molar-refractivity contribution in [2.45, 2.75) is 0 Å². The number of aromatic nitrogens is 4. The second-order valence-electron chi connectivity index (χ2n) is 13.6. The molecule has 2 aromatic heterocycles. The molecular weight excluding hydrogens is 659 g/mol. The van der Waals surface area contributed by atoms with Gasteiger partial charge in [-0.25, -0.2) is 15.0 Å². The van der Waals surface area contributed by atoms with Crippen molar-refractivity contribution in [3.8, 4) is 51.0 Å². The molecule has 0 fully saturated rings. The van der Waals surface area contributed by atoms with Gasteiger partial charge in [0.1, 0.15) is 0 Å². The molecule has 0 N–H and O–H groups in total. The lowest BCUT2D eigenvalue weighted by Crippen LogP contribution is -2.17. The molecule has 252 valence electrons. The van der Waals surface area contributed by atoms with Gasteiger partial charge in [0.05, 0.1) is 28.1 Å². The van der Waals surface area contributed by atoms with Gasteiger partial charge in [-0.05, 0) is 48.0 Å². The fraction of sp³-hybridized carbons (Fsp3) is 0. The Bertz CT molecular complexity index is 2930. The third-order valence-electron chi connectivity index (χ3n) is 10.6. The summed E-state index contributed by atoms with van der Waals surface area (Å²) in [5, 5.41) is 4.88. The normalized spacial score (nSPS) is 12.0. The molecule has 0 saturated heterocycles. The molecule has 0 aliphatic carbocycles.